The largest absolute Gasteiger partial charge is 0.468 e. The van der Waals surface area contributed by atoms with Crippen LogP contribution in [-0.2, 0) is 19.1 Å². The van der Waals surface area contributed by atoms with Crippen LogP contribution in [-0.4, -0.2) is 26.2 Å². The van der Waals surface area contributed by atoms with Crippen LogP contribution in [0.3, 0.4) is 0 Å². The topological polar surface area (TPSA) is 52.6 Å². The zero-order valence-corrected chi connectivity index (χ0v) is 12.2. The van der Waals surface area contributed by atoms with E-state index in [0.29, 0.717) is 18.8 Å². The van der Waals surface area contributed by atoms with Crippen molar-refractivity contribution in [3.05, 3.63) is 11.1 Å². The lowest BCUT2D eigenvalue weighted by molar-refractivity contribution is -0.168. The van der Waals surface area contributed by atoms with Gasteiger partial charge in [-0.3, -0.25) is 9.59 Å². The highest BCUT2D eigenvalue weighted by Crippen LogP contribution is 2.56. The normalized spacial score (nSPS) is 30.7. The van der Waals surface area contributed by atoms with E-state index < -0.39 is 17.4 Å². The third-order valence-electron chi connectivity index (χ3n) is 5.54. The summed E-state index contributed by atoms with van der Waals surface area (Å²) < 4.78 is 9.82. The Bertz CT molecular complexity index is 461. The van der Waals surface area contributed by atoms with Crippen molar-refractivity contribution < 1.29 is 19.1 Å². The second-order valence-corrected chi connectivity index (χ2v) is 6.38. The fourth-order valence-electron chi connectivity index (χ4n) is 4.60. The van der Waals surface area contributed by atoms with Crippen molar-refractivity contribution in [3.8, 4) is 0 Å². The maximum atomic E-state index is 12.2. The van der Waals surface area contributed by atoms with Gasteiger partial charge in [0.2, 0.25) is 0 Å². The highest BCUT2D eigenvalue weighted by atomic mass is 16.5. The molecule has 0 N–H and O–H groups in total. The van der Waals surface area contributed by atoms with Gasteiger partial charge in [0, 0.05) is 0 Å². The molecule has 0 heterocycles. The molecule has 0 amide bonds. The molecular weight excluding hydrogens is 256 g/mol. The van der Waals surface area contributed by atoms with Gasteiger partial charge in [0.25, 0.3) is 0 Å². The number of hydrogen-bond donors (Lipinski definition) is 0. The van der Waals surface area contributed by atoms with Gasteiger partial charge in [0.15, 0.2) is 5.41 Å². The van der Waals surface area contributed by atoms with E-state index in [2.05, 4.69) is 0 Å². The number of esters is 2. The Morgan fingerprint density at radius 2 is 1.75 bits per heavy atom. The molecule has 0 saturated heterocycles. The molecule has 3 aliphatic rings. The molecule has 0 radical (unpaired) electrons. The van der Waals surface area contributed by atoms with Crippen LogP contribution in [0.4, 0.5) is 0 Å². The van der Waals surface area contributed by atoms with Crippen LogP contribution >= 0.6 is 0 Å². The number of methoxy groups -OCH3 is 2. The smallest absolute Gasteiger partial charge is 0.323 e. The minimum atomic E-state index is -1.11. The first-order valence-corrected chi connectivity index (χ1v) is 7.50. The van der Waals surface area contributed by atoms with Crippen LogP contribution < -0.4 is 0 Å². The predicted octanol–water partition coefficient (Wildman–Crippen LogP) is 2.62. The van der Waals surface area contributed by atoms with Crippen molar-refractivity contribution in [2.24, 2.45) is 17.3 Å². The minimum absolute atomic E-state index is 0.437. The van der Waals surface area contributed by atoms with Gasteiger partial charge in [-0.05, 0) is 50.4 Å². The summed E-state index contributed by atoms with van der Waals surface area (Å²) >= 11 is 0. The molecule has 20 heavy (non-hydrogen) atoms. The van der Waals surface area contributed by atoms with Gasteiger partial charge in [0.1, 0.15) is 0 Å². The van der Waals surface area contributed by atoms with Gasteiger partial charge in [-0.1, -0.05) is 17.6 Å². The Hall–Kier alpha value is -1.32. The molecule has 3 rings (SSSR count). The first kappa shape index (κ1) is 13.7. The summed E-state index contributed by atoms with van der Waals surface area (Å²) in [7, 11) is 2.70. The number of fused-ring (bicyclic) bond motifs is 2. The molecule has 0 spiro atoms. The summed E-state index contributed by atoms with van der Waals surface area (Å²) in [6.45, 7) is 0. The number of hydrogen-bond acceptors (Lipinski definition) is 4. The third kappa shape index (κ3) is 1.80. The Kier molecular flexibility index (Phi) is 3.35. The Labute approximate surface area is 119 Å². The molecule has 4 nitrogen and oxygen atoms in total. The van der Waals surface area contributed by atoms with Gasteiger partial charge in [-0.15, -0.1) is 0 Å². The van der Waals surface area contributed by atoms with Gasteiger partial charge >= 0.3 is 11.9 Å². The lowest BCUT2D eigenvalue weighted by atomic mass is 9.77. The van der Waals surface area contributed by atoms with Gasteiger partial charge < -0.3 is 9.47 Å². The summed E-state index contributed by atoms with van der Waals surface area (Å²) in [5, 5.41) is 0. The second-order valence-electron chi connectivity index (χ2n) is 6.38. The van der Waals surface area contributed by atoms with E-state index in [0.717, 1.165) is 12.3 Å². The zero-order valence-electron chi connectivity index (χ0n) is 12.2. The number of ether oxygens (including phenoxy) is 2. The minimum Gasteiger partial charge on any atom is -0.468 e. The summed E-state index contributed by atoms with van der Waals surface area (Å²) in [4.78, 5) is 24.4. The summed E-state index contributed by atoms with van der Waals surface area (Å²) in [6.07, 6.45) is 7.05. The Morgan fingerprint density at radius 1 is 1.05 bits per heavy atom. The molecule has 0 aliphatic heterocycles. The molecule has 2 atom stereocenters. The fourth-order valence-corrected chi connectivity index (χ4v) is 4.60. The Balaban J connectivity index is 1.92. The van der Waals surface area contributed by atoms with Gasteiger partial charge in [-0.2, -0.15) is 0 Å². The maximum Gasteiger partial charge on any atom is 0.323 e. The average molecular weight is 278 g/mol. The first-order valence-electron chi connectivity index (χ1n) is 7.50. The number of rotatable bonds is 2. The highest BCUT2D eigenvalue weighted by Gasteiger charge is 2.55. The quantitative estimate of drug-likeness (QED) is 0.442. The van der Waals surface area contributed by atoms with E-state index >= 15 is 0 Å². The predicted molar refractivity (Wildman–Crippen MR) is 72.8 cm³/mol. The summed E-state index contributed by atoms with van der Waals surface area (Å²) in [6, 6.07) is 0. The molecule has 0 bridgehead atoms. The molecule has 110 valence electrons. The molecule has 0 aromatic rings. The van der Waals surface area contributed by atoms with Crippen LogP contribution in [0.2, 0.25) is 0 Å². The van der Waals surface area contributed by atoms with E-state index in [1.807, 2.05) is 0 Å². The van der Waals surface area contributed by atoms with Crippen LogP contribution in [0.5, 0.6) is 0 Å². The zero-order chi connectivity index (χ0) is 14.3. The van der Waals surface area contributed by atoms with Crippen molar-refractivity contribution in [1.82, 2.24) is 0 Å². The number of allylic oxidation sites excluding steroid dienone is 2. The lowest BCUT2D eigenvalue weighted by Gasteiger charge is -2.28. The standard InChI is InChI=1S/C16H22O4/c1-19-14(17)16(15(18)20-2)8-11-7-6-10-4-3-5-12(10)13(11)9-16/h10,12H,3-9H2,1-2H3/t10-,12-/m0/s1. The van der Waals surface area contributed by atoms with Crippen LogP contribution in [0.15, 0.2) is 11.1 Å². The van der Waals surface area contributed by atoms with Crippen molar-refractivity contribution in [2.45, 2.75) is 44.9 Å². The average Bonchev–Trinajstić information content (AvgIpc) is 3.08. The lowest BCUT2D eigenvalue weighted by Crippen LogP contribution is -2.39. The molecule has 4 heteroatoms. The maximum absolute atomic E-state index is 12.2. The second kappa shape index (κ2) is 4.90. The van der Waals surface area contributed by atoms with E-state index in [1.165, 1.54) is 51.0 Å². The number of carbonyl (C=O) groups is 2. The molecule has 0 aromatic heterocycles. The SMILES string of the molecule is COC(=O)C1(C(=O)OC)CC2=C(C1)[C@H]1CCC[C@H]1CC2. The summed E-state index contributed by atoms with van der Waals surface area (Å²) in [5.74, 6) is 0.483. The highest BCUT2D eigenvalue weighted by molar-refractivity contribution is 6.01. The molecule has 1 saturated carbocycles. The van der Waals surface area contributed by atoms with Crippen molar-refractivity contribution in [3.63, 3.8) is 0 Å². The van der Waals surface area contributed by atoms with E-state index in [-0.39, 0.29) is 0 Å². The van der Waals surface area contributed by atoms with E-state index in [4.69, 9.17) is 9.47 Å². The number of carbonyl (C=O) groups excluding carboxylic acids is 2. The van der Waals surface area contributed by atoms with Crippen molar-refractivity contribution in [1.29, 1.82) is 0 Å². The fraction of sp³-hybridized carbons (Fsp3) is 0.750. The van der Waals surface area contributed by atoms with E-state index in [1.54, 1.807) is 0 Å². The molecular formula is C16H22O4. The van der Waals surface area contributed by atoms with Crippen molar-refractivity contribution in [2.75, 3.05) is 14.2 Å². The molecule has 0 aromatic carbocycles. The van der Waals surface area contributed by atoms with Crippen LogP contribution in [0.25, 0.3) is 0 Å². The molecule has 0 unspecified atom stereocenters. The third-order valence-corrected chi connectivity index (χ3v) is 5.54. The van der Waals surface area contributed by atoms with Gasteiger partial charge in [0.05, 0.1) is 14.2 Å². The molecule has 3 aliphatic carbocycles. The Morgan fingerprint density at radius 3 is 2.40 bits per heavy atom. The van der Waals surface area contributed by atoms with Crippen LogP contribution in [0, 0.1) is 17.3 Å². The van der Waals surface area contributed by atoms with E-state index in [9.17, 15) is 9.59 Å². The molecule has 1 fully saturated rings. The van der Waals surface area contributed by atoms with Gasteiger partial charge in [-0.25, -0.2) is 0 Å². The first-order chi connectivity index (χ1) is 9.62. The van der Waals surface area contributed by atoms with Crippen molar-refractivity contribution >= 4 is 11.9 Å². The van der Waals surface area contributed by atoms with Crippen LogP contribution in [0.1, 0.15) is 44.9 Å². The summed E-state index contributed by atoms with van der Waals surface area (Å²) in [5.41, 5.74) is 1.59. The monoisotopic (exact) mass is 278 g/mol.